The van der Waals surface area contributed by atoms with E-state index in [0.717, 1.165) is 122 Å². The van der Waals surface area contributed by atoms with Gasteiger partial charge in [-0.3, -0.25) is 0 Å². The molecule has 0 aromatic heterocycles. The quantitative estimate of drug-likeness (QED) is 0.308. The second-order valence-corrected chi connectivity index (χ2v) is 12.0. The highest BCUT2D eigenvalue weighted by Crippen LogP contribution is 2.48. The van der Waals surface area contributed by atoms with Crippen LogP contribution in [0.5, 0.6) is 11.5 Å². The zero-order valence-corrected chi connectivity index (χ0v) is 23.4. The van der Waals surface area contributed by atoms with Crippen LogP contribution < -0.4 is 24.8 Å². The van der Waals surface area contributed by atoms with Crippen molar-refractivity contribution < 1.29 is 14.6 Å². The minimum absolute atomic E-state index is 0.269. The molecule has 0 fully saturated rings. The number of rotatable bonds is 3. The molecule has 0 saturated carbocycles. The first-order valence-corrected chi connectivity index (χ1v) is 15.5. The van der Waals surface area contributed by atoms with E-state index in [1.807, 2.05) is 12.1 Å². The average molecular weight is 551 g/mol. The van der Waals surface area contributed by atoms with Crippen LogP contribution in [0.2, 0.25) is 0 Å². The highest BCUT2D eigenvalue weighted by Gasteiger charge is 2.36. The molecule has 0 aliphatic carbocycles. The van der Waals surface area contributed by atoms with E-state index in [-0.39, 0.29) is 5.56 Å². The van der Waals surface area contributed by atoms with E-state index >= 15 is 0 Å². The third-order valence-corrected chi connectivity index (χ3v) is 9.70. The molecule has 1 N–H and O–H groups in total. The lowest BCUT2D eigenvalue weighted by Crippen LogP contribution is -2.45. The molecule has 0 amide bonds. The minimum Gasteiger partial charge on any atom is -0.478 e. The molecule has 0 spiro atoms. The number of carboxylic acid groups (broad SMARTS) is 1. The van der Waals surface area contributed by atoms with Gasteiger partial charge in [0.15, 0.2) is 0 Å². The van der Waals surface area contributed by atoms with Gasteiger partial charge < -0.3 is 14.7 Å². The third kappa shape index (κ3) is 3.49. The van der Waals surface area contributed by atoms with Crippen molar-refractivity contribution in [2.45, 2.75) is 51.4 Å². The molecule has 7 heteroatoms. The lowest BCUT2D eigenvalue weighted by molar-refractivity contribution is 0.0696. The first-order valence-electron chi connectivity index (χ1n) is 14.5. The Hall–Kier alpha value is -3.71. The number of hydrogen-bond donors (Lipinski definition) is 1. The normalized spacial score (nSPS) is 18.1. The van der Waals surface area contributed by atoms with Crippen LogP contribution >= 0.6 is 0 Å². The Morgan fingerprint density at radius 2 is 1.70 bits per heavy atom. The lowest BCUT2D eigenvalue weighted by atomic mass is 9.81. The average Bonchev–Trinajstić information content (AvgIpc) is 2.97. The van der Waals surface area contributed by atoms with Crippen LogP contribution in [-0.2, 0) is 36.8 Å². The van der Waals surface area contributed by atoms with Crippen LogP contribution in [0.4, 0.5) is 11.4 Å². The smallest absolute Gasteiger partial charge is 0.336 e. The van der Waals surface area contributed by atoms with Gasteiger partial charge in [0.2, 0.25) is 5.36 Å². The van der Waals surface area contributed by atoms with Crippen LogP contribution in [0.25, 0.3) is 5.57 Å². The van der Waals surface area contributed by atoms with Crippen molar-refractivity contribution in [2.75, 3.05) is 31.1 Å². The second-order valence-electron chi connectivity index (χ2n) is 11.6. The van der Waals surface area contributed by atoms with Crippen LogP contribution in [-0.4, -0.2) is 43.1 Å². The fraction of sp³-hybridized carbons (Fsp3) is 0.364. The predicted octanol–water partition coefficient (Wildman–Crippen LogP) is 4.15. The number of hydrogen-bond acceptors (Lipinski definition) is 4. The van der Waals surface area contributed by atoms with Gasteiger partial charge in [-0.25, -0.2) is 9.37 Å². The summed E-state index contributed by atoms with van der Waals surface area (Å²) in [6.07, 6.45) is 8.57. The first kappa shape index (κ1) is 24.1. The summed E-state index contributed by atoms with van der Waals surface area (Å²) in [5.41, 5.74) is 10.4. The van der Waals surface area contributed by atoms with Crippen LogP contribution in [0.1, 0.15) is 69.4 Å². The van der Waals surface area contributed by atoms with Gasteiger partial charge in [0.05, 0.1) is 16.8 Å². The Bertz CT molecular complexity index is 1830. The molecule has 3 aromatic carbocycles. The summed E-state index contributed by atoms with van der Waals surface area (Å²) in [5, 5.41) is 12.8. The Labute approximate surface area is 236 Å². The number of nitrogens with zero attached hydrogens (tertiary/aromatic N) is 3. The fourth-order valence-corrected chi connectivity index (χ4v) is 8.12. The Kier molecular flexibility index (Phi) is 5.53. The Morgan fingerprint density at radius 1 is 0.925 bits per heavy atom. The molecule has 5 aliphatic rings. The van der Waals surface area contributed by atoms with Gasteiger partial charge in [-0.1, -0.05) is 17.2 Å². The number of aromatic carboxylic acids is 1. The SMILES string of the molecule is C=S=Nc1ccc(C2=c3cc4c5c(c3Oc3c2cc2c6c3CCCN6CCC2)CCC[N+]=5CCC4)c(C(=O)O)c1. The highest BCUT2D eigenvalue weighted by atomic mass is 32.1. The van der Waals surface area contributed by atoms with Gasteiger partial charge >= 0.3 is 5.97 Å². The van der Waals surface area contributed by atoms with Crippen LogP contribution in [0.15, 0.2) is 34.7 Å². The molecule has 0 atom stereocenters. The molecule has 3 aromatic rings. The van der Waals surface area contributed by atoms with E-state index in [4.69, 9.17) is 4.74 Å². The number of carbonyl (C=O) groups is 1. The van der Waals surface area contributed by atoms with Crippen molar-refractivity contribution in [1.82, 2.24) is 4.58 Å². The van der Waals surface area contributed by atoms with Gasteiger partial charge in [0, 0.05) is 59.1 Å². The predicted molar refractivity (Wildman–Crippen MR) is 160 cm³/mol. The van der Waals surface area contributed by atoms with Crippen molar-refractivity contribution >= 4 is 39.9 Å². The van der Waals surface area contributed by atoms with Crippen molar-refractivity contribution in [3.63, 3.8) is 0 Å². The van der Waals surface area contributed by atoms with Gasteiger partial charge in [-0.05, 0) is 79.8 Å². The van der Waals surface area contributed by atoms with E-state index in [1.54, 1.807) is 6.07 Å². The first-order chi connectivity index (χ1) is 19.6. The summed E-state index contributed by atoms with van der Waals surface area (Å²) in [6.45, 7) is 4.38. The lowest BCUT2D eigenvalue weighted by Gasteiger charge is -2.39. The summed E-state index contributed by atoms with van der Waals surface area (Å²) < 4.78 is 14.0. The number of aryl methyl sites for hydroxylation is 2. The summed E-state index contributed by atoms with van der Waals surface area (Å²) in [7, 11) is 0. The number of benzene rings is 3. The maximum Gasteiger partial charge on any atom is 0.336 e. The van der Waals surface area contributed by atoms with E-state index in [0.29, 0.717) is 5.69 Å². The monoisotopic (exact) mass is 550 g/mol. The van der Waals surface area contributed by atoms with Gasteiger partial charge in [0.1, 0.15) is 24.6 Å². The van der Waals surface area contributed by atoms with Crippen molar-refractivity contribution in [3.05, 3.63) is 79.9 Å². The molecule has 5 heterocycles. The maximum atomic E-state index is 12.7. The van der Waals surface area contributed by atoms with Crippen LogP contribution in [0.3, 0.4) is 0 Å². The maximum absolute atomic E-state index is 12.7. The van der Waals surface area contributed by atoms with Gasteiger partial charge in [-0.15, -0.1) is 0 Å². The van der Waals surface area contributed by atoms with Crippen LogP contribution in [0, 0.1) is 0 Å². The number of carboxylic acids is 1. The third-order valence-electron chi connectivity index (χ3n) is 9.36. The molecule has 202 valence electrons. The molecule has 6 nitrogen and oxygen atoms in total. The van der Waals surface area contributed by atoms with Crippen molar-refractivity contribution in [2.24, 2.45) is 4.36 Å². The van der Waals surface area contributed by atoms with Crippen molar-refractivity contribution in [3.8, 4) is 11.5 Å². The molecule has 5 aliphatic heterocycles. The standard InChI is InChI=1S/C33H31N3O3S/c1-40-34-21-10-11-22(25(18-21)33(37)38)28-26-16-19-6-2-12-35-14-4-8-23(29(19)35)31(26)39-32-24-9-5-15-36-13-3-7-20(30(24)36)17-27(28)32/h10-11,16-18H,1-9,12-15H2/p+1. The summed E-state index contributed by atoms with van der Waals surface area (Å²) in [5.74, 6) is 4.68. The molecule has 0 radical (unpaired) electrons. The van der Waals surface area contributed by atoms with E-state index in [1.165, 1.54) is 33.3 Å². The highest BCUT2D eigenvalue weighted by molar-refractivity contribution is 7.66. The number of anilines is 1. The molecular weight excluding hydrogens is 518 g/mol. The summed E-state index contributed by atoms with van der Waals surface area (Å²) in [6, 6.07) is 10.2. The summed E-state index contributed by atoms with van der Waals surface area (Å²) >= 11 is 1.09. The molecule has 0 bridgehead atoms. The molecule has 0 saturated heterocycles. The Balaban J connectivity index is 1.53. The number of ether oxygens (including phenoxy) is 1. The minimum atomic E-state index is -0.945. The second kappa shape index (κ2) is 9.16. The Morgan fingerprint density at radius 3 is 2.52 bits per heavy atom. The van der Waals surface area contributed by atoms with Crippen molar-refractivity contribution in [1.29, 1.82) is 0 Å². The zero-order valence-electron chi connectivity index (χ0n) is 22.6. The number of fused-ring (bicyclic) bond motifs is 4. The largest absolute Gasteiger partial charge is 0.478 e. The molecule has 8 rings (SSSR count). The van der Waals surface area contributed by atoms with E-state index < -0.39 is 5.97 Å². The van der Waals surface area contributed by atoms with Gasteiger partial charge in [-0.2, -0.15) is 4.36 Å². The summed E-state index contributed by atoms with van der Waals surface area (Å²) in [4.78, 5) is 15.3. The zero-order chi connectivity index (χ0) is 27.0. The van der Waals surface area contributed by atoms with Gasteiger partial charge in [0.25, 0.3) is 0 Å². The molecule has 40 heavy (non-hydrogen) atoms. The topological polar surface area (TPSA) is 65.1 Å². The van der Waals surface area contributed by atoms with E-state index in [9.17, 15) is 9.90 Å². The molecular formula is C33H32N3O3S+. The molecule has 0 unspecified atom stereocenters. The van der Waals surface area contributed by atoms with E-state index in [2.05, 4.69) is 31.8 Å². The fourth-order valence-electron chi connectivity index (χ4n) is 7.86.